The van der Waals surface area contributed by atoms with Crippen LogP contribution in [0.4, 0.5) is 11.4 Å². The number of hydrogen-bond acceptors (Lipinski definition) is 5. The normalized spacial score (nSPS) is 22.1. The lowest BCUT2D eigenvalue weighted by molar-refractivity contribution is -0.386. The average Bonchev–Trinajstić information content (AvgIpc) is 2.40. The van der Waals surface area contributed by atoms with Crippen molar-refractivity contribution < 1.29 is 9.66 Å². The van der Waals surface area contributed by atoms with E-state index in [2.05, 4.69) is 5.32 Å². The Morgan fingerprint density at radius 1 is 1.38 bits per heavy atom. The lowest BCUT2D eigenvalue weighted by atomic mass is 9.91. The Hall–Kier alpha value is -1.82. The SMILES string of the molecule is CC(C)Oc1cc(NC2CCCCC2N)ccc1[N+](=O)[O-]. The molecule has 0 aliphatic heterocycles. The summed E-state index contributed by atoms with van der Waals surface area (Å²) in [5.74, 6) is 0.296. The van der Waals surface area contributed by atoms with Crippen LogP contribution in [0.1, 0.15) is 39.5 Å². The molecule has 6 heteroatoms. The van der Waals surface area contributed by atoms with Gasteiger partial charge < -0.3 is 15.8 Å². The van der Waals surface area contributed by atoms with Crippen molar-refractivity contribution in [1.82, 2.24) is 0 Å². The molecule has 3 N–H and O–H groups in total. The van der Waals surface area contributed by atoms with Crippen LogP contribution in [0.5, 0.6) is 5.75 Å². The van der Waals surface area contributed by atoms with Crippen molar-refractivity contribution in [2.24, 2.45) is 5.73 Å². The number of rotatable bonds is 5. The molecule has 1 aliphatic carbocycles. The van der Waals surface area contributed by atoms with E-state index in [-0.39, 0.29) is 23.9 Å². The molecule has 0 heterocycles. The Labute approximate surface area is 124 Å². The second-order valence-corrected chi connectivity index (χ2v) is 5.81. The van der Waals surface area contributed by atoms with E-state index in [0.717, 1.165) is 24.9 Å². The van der Waals surface area contributed by atoms with Crippen LogP contribution in [0.15, 0.2) is 18.2 Å². The molecule has 6 nitrogen and oxygen atoms in total. The smallest absolute Gasteiger partial charge is 0.311 e. The van der Waals surface area contributed by atoms with Crippen LogP contribution in [0.3, 0.4) is 0 Å². The Bertz CT molecular complexity index is 505. The summed E-state index contributed by atoms with van der Waals surface area (Å²) in [7, 11) is 0. The largest absolute Gasteiger partial charge is 0.484 e. The van der Waals surface area contributed by atoms with E-state index in [9.17, 15) is 10.1 Å². The van der Waals surface area contributed by atoms with Gasteiger partial charge in [-0.25, -0.2) is 0 Å². The molecule has 1 aromatic carbocycles. The van der Waals surface area contributed by atoms with Gasteiger partial charge in [0.15, 0.2) is 5.75 Å². The number of nitrogens with one attached hydrogen (secondary N) is 1. The highest BCUT2D eigenvalue weighted by atomic mass is 16.6. The van der Waals surface area contributed by atoms with Gasteiger partial charge in [-0.2, -0.15) is 0 Å². The van der Waals surface area contributed by atoms with Crippen molar-refractivity contribution in [3.63, 3.8) is 0 Å². The van der Waals surface area contributed by atoms with Crippen LogP contribution in [-0.4, -0.2) is 23.1 Å². The number of anilines is 1. The summed E-state index contributed by atoms with van der Waals surface area (Å²) in [5.41, 5.74) is 6.93. The third-order valence-corrected chi connectivity index (χ3v) is 3.69. The third kappa shape index (κ3) is 4.07. The van der Waals surface area contributed by atoms with Crippen LogP contribution in [-0.2, 0) is 0 Å². The molecule has 21 heavy (non-hydrogen) atoms. The summed E-state index contributed by atoms with van der Waals surface area (Å²) in [5, 5.41) is 14.4. The lowest BCUT2D eigenvalue weighted by Crippen LogP contribution is -2.42. The Morgan fingerprint density at radius 3 is 2.71 bits per heavy atom. The first-order valence-electron chi connectivity index (χ1n) is 7.44. The maximum absolute atomic E-state index is 11.0. The molecule has 1 aromatic rings. The predicted molar refractivity (Wildman–Crippen MR) is 82.7 cm³/mol. The molecule has 0 saturated heterocycles. The van der Waals surface area contributed by atoms with Gasteiger partial charge in [-0.1, -0.05) is 12.8 Å². The highest BCUT2D eigenvalue weighted by Crippen LogP contribution is 2.32. The van der Waals surface area contributed by atoms with Gasteiger partial charge in [-0.3, -0.25) is 10.1 Å². The molecule has 0 aromatic heterocycles. The number of nitrogens with two attached hydrogens (primary N) is 1. The topological polar surface area (TPSA) is 90.4 Å². The zero-order valence-electron chi connectivity index (χ0n) is 12.5. The van der Waals surface area contributed by atoms with Crippen LogP contribution >= 0.6 is 0 Å². The number of nitrogens with zero attached hydrogens (tertiary/aromatic N) is 1. The van der Waals surface area contributed by atoms with E-state index >= 15 is 0 Å². The van der Waals surface area contributed by atoms with Crippen LogP contribution in [0, 0.1) is 10.1 Å². The fourth-order valence-electron chi connectivity index (χ4n) is 2.66. The first kappa shape index (κ1) is 15.6. The molecule has 0 amide bonds. The van der Waals surface area contributed by atoms with Crippen molar-refractivity contribution in [3.05, 3.63) is 28.3 Å². The molecule has 0 spiro atoms. The van der Waals surface area contributed by atoms with Crippen molar-refractivity contribution in [2.75, 3.05) is 5.32 Å². The minimum absolute atomic E-state index is 0.0119. The molecule has 1 saturated carbocycles. The number of nitro groups is 1. The molecule has 2 atom stereocenters. The van der Waals surface area contributed by atoms with Crippen molar-refractivity contribution in [2.45, 2.75) is 57.7 Å². The Kier molecular flexibility index (Phi) is 5.01. The van der Waals surface area contributed by atoms with Crippen molar-refractivity contribution in [3.8, 4) is 5.75 Å². The zero-order valence-corrected chi connectivity index (χ0v) is 12.5. The van der Waals surface area contributed by atoms with E-state index in [1.807, 2.05) is 13.8 Å². The van der Waals surface area contributed by atoms with Gasteiger partial charge in [0.2, 0.25) is 0 Å². The van der Waals surface area contributed by atoms with Gasteiger partial charge >= 0.3 is 5.69 Å². The van der Waals surface area contributed by atoms with Gasteiger partial charge in [-0.05, 0) is 32.8 Å². The van der Waals surface area contributed by atoms with E-state index in [0.29, 0.717) is 5.75 Å². The van der Waals surface area contributed by atoms with Gasteiger partial charge in [0.25, 0.3) is 0 Å². The molecular formula is C15H23N3O3. The van der Waals surface area contributed by atoms with Gasteiger partial charge in [0, 0.05) is 29.9 Å². The molecule has 0 radical (unpaired) electrons. The maximum Gasteiger partial charge on any atom is 0.311 e. The lowest BCUT2D eigenvalue weighted by Gasteiger charge is -2.30. The fourth-order valence-corrected chi connectivity index (χ4v) is 2.66. The molecule has 2 unspecified atom stereocenters. The summed E-state index contributed by atoms with van der Waals surface area (Å²) in [6, 6.07) is 5.23. The predicted octanol–water partition coefficient (Wildman–Crippen LogP) is 3.06. The highest BCUT2D eigenvalue weighted by molar-refractivity contribution is 5.58. The number of benzene rings is 1. The molecule has 1 fully saturated rings. The second-order valence-electron chi connectivity index (χ2n) is 5.81. The highest BCUT2D eigenvalue weighted by Gasteiger charge is 2.23. The molecule has 2 rings (SSSR count). The Morgan fingerprint density at radius 2 is 2.10 bits per heavy atom. The first-order valence-corrected chi connectivity index (χ1v) is 7.44. The molecule has 0 bridgehead atoms. The van der Waals surface area contributed by atoms with E-state index < -0.39 is 4.92 Å². The second kappa shape index (κ2) is 6.76. The van der Waals surface area contributed by atoms with Gasteiger partial charge in [0.1, 0.15) is 0 Å². The molecule has 1 aliphatic rings. The summed E-state index contributed by atoms with van der Waals surface area (Å²) in [6.07, 6.45) is 4.25. The standard InChI is InChI=1S/C15H23N3O3/c1-10(2)21-15-9-11(7-8-14(15)18(19)20)17-13-6-4-3-5-12(13)16/h7-10,12-13,17H,3-6,16H2,1-2H3. The monoisotopic (exact) mass is 293 g/mol. The van der Waals surface area contributed by atoms with E-state index in [1.165, 1.54) is 12.5 Å². The van der Waals surface area contributed by atoms with Gasteiger partial charge in [0.05, 0.1) is 11.0 Å². The summed E-state index contributed by atoms with van der Waals surface area (Å²) < 4.78 is 5.55. The Balaban J connectivity index is 2.18. The summed E-state index contributed by atoms with van der Waals surface area (Å²) in [6.45, 7) is 3.70. The maximum atomic E-state index is 11.0. The quantitative estimate of drug-likeness (QED) is 0.643. The van der Waals surface area contributed by atoms with Crippen LogP contribution in [0.25, 0.3) is 0 Å². The van der Waals surface area contributed by atoms with Crippen molar-refractivity contribution in [1.29, 1.82) is 0 Å². The van der Waals surface area contributed by atoms with E-state index in [1.54, 1.807) is 12.1 Å². The third-order valence-electron chi connectivity index (χ3n) is 3.69. The molecule has 116 valence electrons. The number of hydrogen-bond donors (Lipinski definition) is 2. The molecular weight excluding hydrogens is 270 g/mol. The summed E-state index contributed by atoms with van der Waals surface area (Å²) >= 11 is 0. The first-order chi connectivity index (χ1) is 9.97. The summed E-state index contributed by atoms with van der Waals surface area (Å²) in [4.78, 5) is 10.6. The number of nitro benzene ring substituents is 1. The van der Waals surface area contributed by atoms with Crippen molar-refractivity contribution >= 4 is 11.4 Å². The minimum Gasteiger partial charge on any atom is -0.484 e. The van der Waals surface area contributed by atoms with Crippen LogP contribution < -0.4 is 15.8 Å². The number of ether oxygens (including phenoxy) is 1. The zero-order chi connectivity index (χ0) is 15.4. The van der Waals surface area contributed by atoms with Gasteiger partial charge in [-0.15, -0.1) is 0 Å². The van der Waals surface area contributed by atoms with Crippen LogP contribution in [0.2, 0.25) is 0 Å². The fraction of sp³-hybridized carbons (Fsp3) is 0.600. The minimum atomic E-state index is -0.423. The average molecular weight is 293 g/mol. The van der Waals surface area contributed by atoms with E-state index in [4.69, 9.17) is 10.5 Å².